The molecular formula is C18H19N. The highest BCUT2D eigenvalue weighted by Gasteiger charge is 2.32. The molecular weight excluding hydrogens is 230 g/mol. The van der Waals surface area contributed by atoms with Crippen molar-refractivity contribution in [3.8, 4) is 0 Å². The summed E-state index contributed by atoms with van der Waals surface area (Å²) in [6, 6.07) is 17.2. The van der Waals surface area contributed by atoms with Crippen LogP contribution in [0.1, 0.15) is 29.2 Å². The van der Waals surface area contributed by atoms with Gasteiger partial charge in [0.15, 0.2) is 0 Å². The fraction of sp³-hybridized carbons (Fsp3) is 0.222. The maximum atomic E-state index is 4.33. The third-order valence-corrected chi connectivity index (χ3v) is 4.28. The van der Waals surface area contributed by atoms with Gasteiger partial charge in [0.2, 0.25) is 0 Å². The number of nitrogens with one attached hydrogen (secondary N) is 1. The van der Waals surface area contributed by atoms with Crippen LogP contribution >= 0.6 is 0 Å². The Labute approximate surface area is 115 Å². The predicted octanol–water partition coefficient (Wildman–Crippen LogP) is 3.74. The molecule has 3 rings (SSSR count). The summed E-state index contributed by atoms with van der Waals surface area (Å²) in [5, 5.41) is 3.50. The van der Waals surface area contributed by atoms with Crippen molar-refractivity contribution in [3.05, 3.63) is 77.4 Å². The third-order valence-electron chi connectivity index (χ3n) is 4.28. The molecule has 19 heavy (non-hydrogen) atoms. The zero-order chi connectivity index (χ0) is 13.5. The highest BCUT2D eigenvalue weighted by Crippen LogP contribution is 2.39. The van der Waals surface area contributed by atoms with Crippen molar-refractivity contribution >= 4 is 5.57 Å². The van der Waals surface area contributed by atoms with Gasteiger partial charge in [0.1, 0.15) is 0 Å². The first kappa shape index (κ1) is 12.2. The summed E-state index contributed by atoms with van der Waals surface area (Å²) in [6.45, 7) is 6.59. The molecule has 1 N–H and O–H groups in total. The van der Waals surface area contributed by atoms with Crippen LogP contribution in [0.15, 0.2) is 55.1 Å². The van der Waals surface area contributed by atoms with Gasteiger partial charge < -0.3 is 5.32 Å². The van der Waals surface area contributed by atoms with Gasteiger partial charge in [-0.25, -0.2) is 0 Å². The van der Waals surface area contributed by atoms with Crippen molar-refractivity contribution in [2.45, 2.75) is 18.9 Å². The Bertz CT molecular complexity index is 642. The first-order chi connectivity index (χ1) is 9.15. The van der Waals surface area contributed by atoms with E-state index in [0.717, 1.165) is 12.0 Å². The van der Waals surface area contributed by atoms with Gasteiger partial charge in [-0.15, -0.1) is 0 Å². The molecule has 1 nitrogen and oxygen atoms in total. The van der Waals surface area contributed by atoms with Crippen molar-refractivity contribution in [3.63, 3.8) is 0 Å². The number of hydrogen-bond donors (Lipinski definition) is 1. The maximum absolute atomic E-state index is 4.33. The minimum Gasteiger partial charge on any atom is -0.310 e. The van der Waals surface area contributed by atoms with E-state index in [1.807, 2.05) is 7.05 Å². The fourth-order valence-corrected chi connectivity index (χ4v) is 3.04. The molecule has 0 aromatic heterocycles. The molecule has 1 aliphatic rings. The molecule has 1 heteroatoms. The van der Waals surface area contributed by atoms with Crippen LogP contribution in [-0.2, 0) is 12.0 Å². The molecule has 1 unspecified atom stereocenters. The van der Waals surface area contributed by atoms with Crippen molar-refractivity contribution in [2.24, 2.45) is 0 Å². The molecule has 2 aromatic carbocycles. The largest absolute Gasteiger partial charge is 0.310 e. The highest BCUT2D eigenvalue weighted by molar-refractivity contribution is 5.83. The molecule has 0 saturated heterocycles. The molecule has 96 valence electrons. The van der Waals surface area contributed by atoms with E-state index in [-0.39, 0.29) is 5.54 Å². The van der Waals surface area contributed by atoms with Crippen molar-refractivity contribution in [1.29, 1.82) is 0 Å². The van der Waals surface area contributed by atoms with E-state index in [1.54, 1.807) is 0 Å². The minimum absolute atomic E-state index is 0.0495. The van der Waals surface area contributed by atoms with Gasteiger partial charge in [0.25, 0.3) is 0 Å². The Kier molecular flexibility index (Phi) is 2.79. The Balaban J connectivity index is 2.31. The van der Waals surface area contributed by atoms with Gasteiger partial charge in [0, 0.05) is 5.54 Å². The van der Waals surface area contributed by atoms with Crippen LogP contribution in [0.3, 0.4) is 0 Å². The molecule has 0 heterocycles. The van der Waals surface area contributed by atoms with E-state index < -0.39 is 0 Å². The van der Waals surface area contributed by atoms with Crippen LogP contribution in [0, 0.1) is 0 Å². The summed E-state index contributed by atoms with van der Waals surface area (Å²) in [5.41, 5.74) is 6.30. The fourth-order valence-electron chi connectivity index (χ4n) is 3.04. The van der Waals surface area contributed by atoms with Crippen molar-refractivity contribution in [1.82, 2.24) is 5.32 Å². The molecule has 0 saturated carbocycles. The Morgan fingerprint density at radius 3 is 2.37 bits per heavy atom. The lowest BCUT2D eigenvalue weighted by atomic mass is 9.85. The van der Waals surface area contributed by atoms with Crippen LogP contribution in [0.2, 0.25) is 0 Å². The van der Waals surface area contributed by atoms with Gasteiger partial charge >= 0.3 is 0 Å². The average Bonchev–Trinajstić information content (AvgIpc) is 2.55. The lowest BCUT2D eigenvalue weighted by molar-refractivity contribution is 0.398. The number of rotatable bonds is 1. The van der Waals surface area contributed by atoms with E-state index in [1.165, 1.54) is 22.3 Å². The van der Waals surface area contributed by atoms with Gasteiger partial charge in [0.05, 0.1) is 0 Å². The van der Waals surface area contributed by atoms with Crippen LogP contribution in [0.25, 0.3) is 5.57 Å². The molecule has 0 amide bonds. The first-order valence-corrected chi connectivity index (χ1v) is 6.72. The maximum Gasteiger partial charge on any atom is 0.0450 e. The summed E-state index contributed by atoms with van der Waals surface area (Å²) >= 11 is 0. The van der Waals surface area contributed by atoms with E-state index >= 15 is 0 Å². The second kappa shape index (κ2) is 4.36. The molecule has 0 radical (unpaired) electrons. The molecule has 1 aliphatic carbocycles. The summed E-state index contributed by atoms with van der Waals surface area (Å²) in [6.07, 6.45) is 0.982. The lowest BCUT2D eigenvalue weighted by Gasteiger charge is -2.30. The molecule has 1 atom stereocenters. The average molecular weight is 249 g/mol. The van der Waals surface area contributed by atoms with Gasteiger partial charge in [-0.2, -0.15) is 0 Å². The van der Waals surface area contributed by atoms with Gasteiger partial charge in [-0.1, -0.05) is 55.1 Å². The van der Waals surface area contributed by atoms with E-state index in [2.05, 4.69) is 67.4 Å². The lowest BCUT2D eigenvalue weighted by Crippen LogP contribution is -2.39. The summed E-state index contributed by atoms with van der Waals surface area (Å²) in [4.78, 5) is 0. The number of fused-ring (bicyclic) bond motifs is 2. The van der Waals surface area contributed by atoms with Gasteiger partial charge in [-0.3, -0.25) is 0 Å². The summed E-state index contributed by atoms with van der Waals surface area (Å²) in [7, 11) is 2.04. The topological polar surface area (TPSA) is 12.0 Å². The van der Waals surface area contributed by atoms with Crippen molar-refractivity contribution < 1.29 is 0 Å². The molecule has 0 aliphatic heterocycles. The zero-order valence-corrected chi connectivity index (χ0v) is 11.5. The smallest absolute Gasteiger partial charge is 0.0450 e. The number of hydrogen-bond acceptors (Lipinski definition) is 1. The van der Waals surface area contributed by atoms with E-state index in [4.69, 9.17) is 0 Å². The van der Waals surface area contributed by atoms with Crippen LogP contribution in [0.5, 0.6) is 0 Å². The Morgan fingerprint density at radius 2 is 1.63 bits per heavy atom. The van der Waals surface area contributed by atoms with Crippen LogP contribution < -0.4 is 5.32 Å². The zero-order valence-electron chi connectivity index (χ0n) is 11.5. The standard InChI is InChI=1S/C18H19N/c1-13-15-9-5-4-8-14(15)12-18(2,19-3)17-11-7-6-10-16(13)17/h4-11,19H,1,12H2,2-3H3. The predicted molar refractivity (Wildman–Crippen MR) is 81.1 cm³/mol. The minimum atomic E-state index is -0.0495. The van der Waals surface area contributed by atoms with Gasteiger partial charge in [-0.05, 0) is 48.2 Å². The molecule has 2 aromatic rings. The third kappa shape index (κ3) is 1.82. The monoisotopic (exact) mass is 249 g/mol. The second-order valence-electron chi connectivity index (χ2n) is 5.44. The Hall–Kier alpha value is -1.86. The summed E-state index contributed by atoms with van der Waals surface area (Å²) < 4.78 is 0. The number of benzene rings is 2. The molecule has 0 bridgehead atoms. The van der Waals surface area contributed by atoms with E-state index in [0.29, 0.717) is 0 Å². The quantitative estimate of drug-likeness (QED) is 0.812. The Morgan fingerprint density at radius 1 is 1.00 bits per heavy atom. The van der Waals surface area contributed by atoms with Crippen LogP contribution in [-0.4, -0.2) is 7.05 Å². The number of likely N-dealkylation sites (N-methyl/N-ethyl adjacent to an activating group) is 1. The van der Waals surface area contributed by atoms with E-state index in [9.17, 15) is 0 Å². The SMILES string of the molecule is C=C1c2ccccc2CC(C)(NC)c2ccccc21. The molecule has 0 spiro atoms. The molecule has 0 fully saturated rings. The first-order valence-electron chi connectivity index (χ1n) is 6.72. The van der Waals surface area contributed by atoms with Crippen molar-refractivity contribution in [2.75, 3.05) is 7.05 Å². The van der Waals surface area contributed by atoms with Crippen LogP contribution in [0.4, 0.5) is 0 Å². The highest BCUT2D eigenvalue weighted by atomic mass is 14.9. The summed E-state index contributed by atoms with van der Waals surface area (Å²) in [5.74, 6) is 0. The second-order valence-corrected chi connectivity index (χ2v) is 5.44. The normalized spacial score (nSPS) is 21.5.